The molecule has 116 valence electrons. The van der Waals surface area contributed by atoms with Crippen LogP contribution in [0.4, 0.5) is 0 Å². The molecule has 3 heteroatoms. The van der Waals surface area contributed by atoms with Crippen molar-refractivity contribution in [2.24, 2.45) is 0 Å². The Morgan fingerprint density at radius 1 is 1.00 bits per heavy atom. The average Bonchev–Trinajstić information content (AvgIpc) is 2.85. The van der Waals surface area contributed by atoms with Gasteiger partial charge >= 0.3 is 0 Å². The minimum atomic E-state index is 0.295. The highest BCUT2D eigenvalue weighted by Gasteiger charge is 2.41. The van der Waals surface area contributed by atoms with Crippen molar-refractivity contribution < 1.29 is 4.74 Å². The molecule has 3 fully saturated rings. The predicted octanol–water partition coefficient (Wildman–Crippen LogP) is 4.51. The second kappa shape index (κ2) is 7.11. The lowest BCUT2D eigenvalue weighted by atomic mass is 9.83. The fraction of sp³-hybridized carbons (Fsp3) is 1.00. The SMILES string of the molecule is BrCCC1CCCCN1CC1CCC2(CCCCC2)O1. The highest BCUT2D eigenvalue weighted by molar-refractivity contribution is 9.09. The van der Waals surface area contributed by atoms with Gasteiger partial charge in [0.15, 0.2) is 0 Å². The number of likely N-dealkylation sites (tertiary alicyclic amines) is 1. The normalized spacial score (nSPS) is 34.6. The molecule has 0 amide bonds. The molecule has 0 aromatic carbocycles. The summed E-state index contributed by atoms with van der Waals surface area (Å²) in [5.41, 5.74) is 0.295. The van der Waals surface area contributed by atoms with Gasteiger partial charge in [0.1, 0.15) is 0 Å². The van der Waals surface area contributed by atoms with Crippen LogP contribution in [0.5, 0.6) is 0 Å². The molecule has 2 aliphatic heterocycles. The highest BCUT2D eigenvalue weighted by atomic mass is 79.9. The molecule has 0 aromatic heterocycles. The van der Waals surface area contributed by atoms with Gasteiger partial charge in [-0.2, -0.15) is 0 Å². The van der Waals surface area contributed by atoms with Crippen LogP contribution in [0.2, 0.25) is 0 Å². The average molecular weight is 344 g/mol. The van der Waals surface area contributed by atoms with Crippen molar-refractivity contribution in [3.05, 3.63) is 0 Å². The van der Waals surface area contributed by atoms with Crippen molar-refractivity contribution in [2.75, 3.05) is 18.4 Å². The zero-order chi connectivity index (χ0) is 13.8. The van der Waals surface area contributed by atoms with E-state index < -0.39 is 0 Å². The Labute approximate surface area is 132 Å². The fourth-order valence-electron chi connectivity index (χ4n) is 4.60. The zero-order valence-electron chi connectivity index (χ0n) is 12.8. The summed E-state index contributed by atoms with van der Waals surface area (Å²) >= 11 is 3.62. The van der Waals surface area contributed by atoms with E-state index in [2.05, 4.69) is 20.8 Å². The standard InChI is InChI=1S/C17H30BrNO/c18-12-8-15-6-2-5-13-19(15)14-16-7-11-17(20-16)9-3-1-4-10-17/h15-16H,1-14H2. The Kier molecular flexibility index (Phi) is 5.44. The second-order valence-corrected chi connectivity index (χ2v) is 7.94. The van der Waals surface area contributed by atoms with Gasteiger partial charge in [0.05, 0.1) is 11.7 Å². The van der Waals surface area contributed by atoms with Gasteiger partial charge in [0, 0.05) is 17.9 Å². The number of hydrogen-bond acceptors (Lipinski definition) is 2. The first-order valence-electron chi connectivity index (χ1n) is 8.79. The molecule has 0 bridgehead atoms. The zero-order valence-corrected chi connectivity index (χ0v) is 14.4. The summed E-state index contributed by atoms with van der Waals surface area (Å²) in [6, 6.07) is 0.801. The van der Waals surface area contributed by atoms with Crippen LogP contribution in [0.1, 0.15) is 70.6 Å². The van der Waals surface area contributed by atoms with Crippen molar-refractivity contribution in [3.8, 4) is 0 Å². The Bertz CT molecular complexity index is 301. The summed E-state index contributed by atoms with van der Waals surface area (Å²) < 4.78 is 6.57. The molecule has 2 unspecified atom stereocenters. The molecule has 1 spiro atoms. The summed E-state index contributed by atoms with van der Waals surface area (Å²) in [4.78, 5) is 2.73. The van der Waals surface area contributed by atoms with E-state index in [1.807, 2.05) is 0 Å². The third-order valence-corrected chi connectivity index (χ3v) is 6.19. The third kappa shape index (κ3) is 3.59. The molecule has 0 aromatic rings. The Morgan fingerprint density at radius 3 is 2.65 bits per heavy atom. The van der Waals surface area contributed by atoms with Crippen LogP contribution in [0.25, 0.3) is 0 Å². The summed E-state index contributed by atoms with van der Waals surface area (Å²) in [6.07, 6.45) is 15.5. The van der Waals surface area contributed by atoms with Crippen LogP contribution >= 0.6 is 15.9 Å². The summed E-state index contributed by atoms with van der Waals surface area (Å²) in [5, 5.41) is 1.14. The van der Waals surface area contributed by atoms with Crippen LogP contribution in [-0.4, -0.2) is 41.1 Å². The number of nitrogens with zero attached hydrogens (tertiary/aromatic N) is 1. The summed E-state index contributed by atoms with van der Waals surface area (Å²) in [6.45, 7) is 2.49. The fourth-order valence-corrected chi connectivity index (χ4v) is 5.13. The molecule has 1 saturated carbocycles. The van der Waals surface area contributed by atoms with E-state index in [0.717, 1.165) is 11.4 Å². The van der Waals surface area contributed by atoms with Crippen LogP contribution in [0, 0.1) is 0 Å². The Morgan fingerprint density at radius 2 is 1.85 bits per heavy atom. The van der Waals surface area contributed by atoms with E-state index in [4.69, 9.17) is 4.74 Å². The van der Waals surface area contributed by atoms with Crippen molar-refractivity contribution >= 4 is 15.9 Å². The molecule has 0 N–H and O–H groups in total. The molecule has 0 radical (unpaired) electrons. The molecule has 3 rings (SSSR count). The summed E-state index contributed by atoms with van der Waals surface area (Å²) in [7, 11) is 0. The number of rotatable bonds is 4. The van der Waals surface area contributed by atoms with Gasteiger partial charge in [-0.15, -0.1) is 0 Å². The van der Waals surface area contributed by atoms with E-state index >= 15 is 0 Å². The lowest BCUT2D eigenvalue weighted by Gasteiger charge is -2.38. The van der Waals surface area contributed by atoms with E-state index in [9.17, 15) is 0 Å². The number of piperidine rings is 1. The molecule has 3 aliphatic rings. The first kappa shape index (κ1) is 15.3. The Hall–Kier alpha value is 0.400. The maximum atomic E-state index is 6.57. The second-order valence-electron chi connectivity index (χ2n) is 7.14. The molecule has 2 saturated heterocycles. The van der Waals surface area contributed by atoms with Crippen LogP contribution < -0.4 is 0 Å². The Balaban J connectivity index is 1.52. The molecular weight excluding hydrogens is 314 g/mol. The monoisotopic (exact) mass is 343 g/mol. The number of ether oxygens (including phenoxy) is 1. The maximum Gasteiger partial charge on any atom is 0.0710 e. The molecule has 2 nitrogen and oxygen atoms in total. The molecule has 1 aliphatic carbocycles. The lowest BCUT2D eigenvalue weighted by Crippen LogP contribution is -2.44. The quantitative estimate of drug-likeness (QED) is 0.696. The van der Waals surface area contributed by atoms with Gasteiger partial charge in [-0.25, -0.2) is 0 Å². The molecule has 2 atom stereocenters. The smallest absolute Gasteiger partial charge is 0.0710 e. The number of alkyl halides is 1. The van der Waals surface area contributed by atoms with Crippen molar-refractivity contribution in [3.63, 3.8) is 0 Å². The van der Waals surface area contributed by atoms with Gasteiger partial charge in [0.25, 0.3) is 0 Å². The lowest BCUT2D eigenvalue weighted by molar-refractivity contribution is -0.0767. The van der Waals surface area contributed by atoms with Crippen LogP contribution in [-0.2, 0) is 4.74 Å². The molecule has 20 heavy (non-hydrogen) atoms. The van der Waals surface area contributed by atoms with E-state index in [-0.39, 0.29) is 0 Å². The van der Waals surface area contributed by atoms with Crippen molar-refractivity contribution in [1.82, 2.24) is 4.90 Å². The highest BCUT2D eigenvalue weighted by Crippen LogP contribution is 2.42. The van der Waals surface area contributed by atoms with E-state index in [1.54, 1.807) is 0 Å². The van der Waals surface area contributed by atoms with Gasteiger partial charge in [0.2, 0.25) is 0 Å². The van der Waals surface area contributed by atoms with Gasteiger partial charge in [-0.05, 0) is 51.5 Å². The minimum Gasteiger partial charge on any atom is -0.370 e. The van der Waals surface area contributed by atoms with Gasteiger partial charge < -0.3 is 4.74 Å². The van der Waals surface area contributed by atoms with E-state index in [0.29, 0.717) is 11.7 Å². The largest absolute Gasteiger partial charge is 0.370 e. The predicted molar refractivity (Wildman–Crippen MR) is 87.5 cm³/mol. The van der Waals surface area contributed by atoms with Gasteiger partial charge in [-0.3, -0.25) is 4.90 Å². The van der Waals surface area contributed by atoms with Crippen LogP contribution in [0.3, 0.4) is 0 Å². The minimum absolute atomic E-state index is 0.295. The maximum absolute atomic E-state index is 6.57. The first-order valence-corrected chi connectivity index (χ1v) is 9.91. The van der Waals surface area contributed by atoms with Gasteiger partial charge in [-0.1, -0.05) is 41.6 Å². The summed E-state index contributed by atoms with van der Waals surface area (Å²) in [5.74, 6) is 0. The topological polar surface area (TPSA) is 12.5 Å². The number of halogens is 1. The molecule has 2 heterocycles. The van der Waals surface area contributed by atoms with Crippen molar-refractivity contribution in [2.45, 2.75) is 88.4 Å². The van der Waals surface area contributed by atoms with Crippen LogP contribution in [0.15, 0.2) is 0 Å². The first-order chi connectivity index (χ1) is 9.81. The van der Waals surface area contributed by atoms with Crippen molar-refractivity contribution in [1.29, 1.82) is 0 Å². The molecular formula is C17H30BrNO. The number of hydrogen-bond donors (Lipinski definition) is 0. The third-order valence-electron chi connectivity index (χ3n) is 5.73. The van der Waals surface area contributed by atoms with E-state index in [1.165, 1.54) is 83.7 Å².